The van der Waals surface area contributed by atoms with E-state index in [0.29, 0.717) is 0 Å². The van der Waals surface area contributed by atoms with Crippen LogP contribution in [0.3, 0.4) is 0 Å². The van der Waals surface area contributed by atoms with Gasteiger partial charge in [-0.1, -0.05) is 68.8 Å². The molecule has 0 fully saturated rings. The zero-order valence-corrected chi connectivity index (χ0v) is 11.2. The van der Waals surface area contributed by atoms with E-state index in [0.717, 1.165) is 6.42 Å². The maximum Gasteiger partial charge on any atom is -0.0224 e. The molecule has 0 saturated heterocycles. The van der Waals surface area contributed by atoms with Gasteiger partial charge in [-0.2, -0.15) is 0 Å². The highest BCUT2D eigenvalue weighted by atomic mass is 14.0. The molecule has 88 valence electrons. The highest BCUT2D eigenvalue weighted by Gasteiger charge is 1.96. The lowest BCUT2D eigenvalue weighted by Crippen LogP contribution is -1.82. The summed E-state index contributed by atoms with van der Waals surface area (Å²) in [7, 11) is 0. The average Bonchev–Trinajstić information content (AvgIpc) is 2.35. The molecule has 0 unspecified atom stereocenters. The highest BCUT2D eigenvalue weighted by Crippen LogP contribution is 2.18. The van der Waals surface area contributed by atoms with Crippen LogP contribution in [0.15, 0.2) is 42.5 Å². The van der Waals surface area contributed by atoms with Gasteiger partial charge in [-0.15, -0.1) is 0 Å². The predicted molar refractivity (Wildman–Crippen MR) is 75.6 cm³/mol. The van der Waals surface area contributed by atoms with E-state index >= 15 is 0 Å². The standard InChI is InChI=1S/C14H18.C2H6/c1-4-6-7-13(5-2)14-10-8-12(3)9-11-14;1-2/h4,6-11H,5H2,1-3H3;1-2H3/b6-4-,13-7+;. The highest BCUT2D eigenvalue weighted by molar-refractivity contribution is 5.66. The third-order valence-electron chi connectivity index (χ3n) is 2.29. The molecule has 0 nitrogen and oxygen atoms in total. The Morgan fingerprint density at radius 1 is 1.12 bits per heavy atom. The summed E-state index contributed by atoms with van der Waals surface area (Å²) in [6.07, 6.45) is 7.42. The van der Waals surface area contributed by atoms with E-state index in [9.17, 15) is 0 Å². The Labute approximate surface area is 101 Å². The number of allylic oxidation sites excluding steroid dienone is 4. The zero-order valence-electron chi connectivity index (χ0n) is 11.2. The van der Waals surface area contributed by atoms with Gasteiger partial charge in [-0.05, 0) is 31.4 Å². The first kappa shape index (κ1) is 14.7. The minimum Gasteiger partial charge on any atom is -0.0877 e. The third-order valence-corrected chi connectivity index (χ3v) is 2.29. The number of hydrogen-bond donors (Lipinski definition) is 0. The first-order chi connectivity index (χ1) is 7.77. The Hall–Kier alpha value is -1.30. The van der Waals surface area contributed by atoms with Crippen molar-refractivity contribution in [3.05, 3.63) is 53.6 Å². The Bertz CT molecular complexity index is 326. The van der Waals surface area contributed by atoms with Crippen LogP contribution in [-0.4, -0.2) is 0 Å². The largest absolute Gasteiger partial charge is 0.0877 e. The Morgan fingerprint density at radius 2 is 1.69 bits per heavy atom. The van der Waals surface area contributed by atoms with Gasteiger partial charge >= 0.3 is 0 Å². The molecule has 0 spiro atoms. The van der Waals surface area contributed by atoms with E-state index in [1.807, 2.05) is 20.8 Å². The van der Waals surface area contributed by atoms with Crippen LogP contribution in [0.1, 0.15) is 45.2 Å². The Balaban J connectivity index is 0.00000106. The molecular weight excluding hydrogens is 192 g/mol. The van der Waals surface area contributed by atoms with Crippen molar-refractivity contribution in [2.75, 3.05) is 0 Å². The van der Waals surface area contributed by atoms with Crippen molar-refractivity contribution in [2.24, 2.45) is 0 Å². The average molecular weight is 216 g/mol. The first-order valence-electron chi connectivity index (χ1n) is 6.16. The minimum absolute atomic E-state index is 1.08. The molecule has 1 aromatic rings. The SMILES string of the molecule is C/C=C\C=C(/CC)c1ccc(C)cc1.CC. The van der Waals surface area contributed by atoms with E-state index in [1.54, 1.807) is 0 Å². The molecule has 0 aliphatic rings. The lowest BCUT2D eigenvalue weighted by molar-refractivity contribution is 1.24. The fourth-order valence-electron chi connectivity index (χ4n) is 1.40. The van der Waals surface area contributed by atoms with E-state index in [4.69, 9.17) is 0 Å². The van der Waals surface area contributed by atoms with Crippen LogP contribution >= 0.6 is 0 Å². The monoisotopic (exact) mass is 216 g/mol. The van der Waals surface area contributed by atoms with Gasteiger partial charge in [-0.25, -0.2) is 0 Å². The van der Waals surface area contributed by atoms with Crippen molar-refractivity contribution in [3.63, 3.8) is 0 Å². The summed E-state index contributed by atoms with van der Waals surface area (Å²) in [5.74, 6) is 0. The van der Waals surface area contributed by atoms with Gasteiger partial charge in [0.15, 0.2) is 0 Å². The van der Waals surface area contributed by atoms with Gasteiger partial charge in [0, 0.05) is 0 Å². The van der Waals surface area contributed by atoms with Gasteiger partial charge in [-0.3, -0.25) is 0 Å². The second-order valence-electron chi connectivity index (χ2n) is 3.44. The third kappa shape index (κ3) is 4.97. The number of hydrogen-bond acceptors (Lipinski definition) is 0. The Morgan fingerprint density at radius 3 is 2.12 bits per heavy atom. The molecule has 1 rings (SSSR count). The molecule has 0 radical (unpaired) electrons. The van der Waals surface area contributed by atoms with E-state index in [-0.39, 0.29) is 0 Å². The smallest absolute Gasteiger partial charge is 0.0224 e. The molecule has 0 atom stereocenters. The molecule has 1 aromatic carbocycles. The van der Waals surface area contributed by atoms with Crippen molar-refractivity contribution < 1.29 is 0 Å². The fraction of sp³-hybridized carbons (Fsp3) is 0.375. The topological polar surface area (TPSA) is 0 Å². The van der Waals surface area contributed by atoms with Crippen LogP contribution in [0.2, 0.25) is 0 Å². The summed E-state index contributed by atoms with van der Waals surface area (Å²) in [4.78, 5) is 0. The summed E-state index contributed by atoms with van der Waals surface area (Å²) in [6.45, 7) is 10.3. The summed E-state index contributed by atoms with van der Waals surface area (Å²) in [6, 6.07) is 8.70. The lowest BCUT2D eigenvalue weighted by atomic mass is 10.0. The number of benzene rings is 1. The molecule has 0 aliphatic carbocycles. The molecule has 0 heterocycles. The van der Waals surface area contributed by atoms with Crippen LogP contribution in [-0.2, 0) is 0 Å². The summed E-state index contributed by atoms with van der Waals surface area (Å²) < 4.78 is 0. The van der Waals surface area contributed by atoms with Crippen molar-refractivity contribution in [3.8, 4) is 0 Å². The summed E-state index contributed by atoms with van der Waals surface area (Å²) in [5.41, 5.74) is 4.04. The summed E-state index contributed by atoms with van der Waals surface area (Å²) in [5, 5.41) is 0. The van der Waals surface area contributed by atoms with Crippen LogP contribution in [0, 0.1) is 6.92 Å². The van der Waals surface area contributed by atoms with Crippen LogP contribution in [0.4, 0.5) is 0 Å². The van der Waals surface area contributed by atoms with Crippen molar-refractivity contribution >= 4 is 5.57 Å². The van der Waals surface area contributed by atoms with E-state index in [2.05, 4.69) is 56.3 Å². The molecule has 0 N–H and O–H groups in total. The maximum absolute atomic E-state index is 2.19. The van der Waals surface area contributed by atoms with E-state index in [1.165, 1.54) is 16.7 Å². The molecule has 0 aromatic heterocycles. The van der Waals surface area contributed by atoms with Gasteiger partial charge in [0.25, 0.3) is 0 Å². The molecule has 16 heavy (non-hydrogen) atoms. The second-order valence-corrected chi connectivity index (χ2v) is 3.44. The summed E-state index contributed by atoms with van der Waals surface area (Å²) >= 11 is 0. The van der Waals surface area contributed by atoms with Crippen molar-refractivity contribution in [2.45, 2.75) is 41.0 Å². The first-order valence-corrected chi connectivity index (χ1v) is 6.16. The van der Waals surface area contributed by atoms with Crippen molar-refractivity contribution in [1.82, 2.24) is 0 Å². The Kier molecular flexibility index (Phi) is 8.24. The minimum atomic E-state index is 1.08. The van der Waals surface area contributed by atoms with Crippen molar-refractivity contribution in [1.29, 1.82) is 0 Å². The molecule has 0 aliphatic heterocycles. The quantitative estimate of drug-likeness (QED) is 0.594. The van der Waals surface area contributed by atoms with Gasteiger partial charge in [0.2, 0.25) is 0 Å². The maximum atomic E-state index is 2.19. The van der Waals surface area contributed by atoms with Crippen LogP contribution in [0.5, 0.6) is 0 Å². The lowest BCUT2D eigenvalue weighted by Gasteiger charge is -2.04. The fourth-order valence-corrected chi connectivity index (χ4v) is 1.40. The number of aryl methyl sites for hydroxylation is 1. The molecule has 0 amide bonds. The predicted octanol–water partition coefficient (Wildman–Crippen LogP) is 5.39. The molecule has 0 heteroatoms. The van der Waals surface area contributed by atoms with E-state index < -0.39 is 0 Å². The van der Waals surface area contributed by atoms with Gasteiger partial charge in [0.1, 0.15) is 0 Å². The number of rotatable bonds is 3. The van der Waals surface area contributed by atoms with Crippen LogP contribution in [0.25, 0.3) is 5.57 Å². The zero-order chi connectivity index (χ0) is 12.4. The van der Waals surface area contributed by atoms with Gasteiger partial charge in [0.05, 0.1) is 0 Å². The molecule has 0 bridgehead atoms. The van der Waals surface area contributed by atoms with Gasteiger partial charge < -0.3 is 0 Å². The second kappa shape index (κ2) is 8.96. The van der Waals surface area contributed by atoms with Crippen LogP contribution < -0.4 is 0 Å². The normalized spacial score (nSPS) is 11.2. The molecular formula is C16H24. The molecule has 0 saturated carbocycles.